The molecule has 0 saturated heterocycles. The summed E-state index contributed by atoms with van der Waals surface area (Å²) in [6.07, 6.45) is 8.42. The van der Waals surface area contributed by atoms with E-state index in [0.29, 0.717) is 6.42 Å². The third kappa shape index (κ3) is 7.99. The standard InChI is InChI=1S/C12H21NO2/c1-2-3-4-5-6-7-8-9-11(10-13)12(14)15/h11H,2-9H2,1H3,(H,14,15)/p-1. The molecule has 1 unspecified atom stereocenters. The molecule has 0 heterocycles. The minimum Gasteiger partial charge on any atom is -0.549 e. The van der Waals surface area contributed by atoms with Crippen LogP contribution in [0.2, 0.25) is 0 Å². The third-order valence-corrected chi connectivity index (χ3v) is 2.54. The first-order valence-electron chi connectivity index (χ1n) is 5.82. The highest BCUT2D eigenvalue weighted by Crippen LogP contribution is 2.11. The SMILES string of the molecule is CCCCCCCCCC(C#N)C(=O)[O-]. The maximum Gasteiger partial charge on any atom is 0.0858 e. The number of carboxylic acid groups (broad SMARTS) is 1. The van der Waals surface area contributed by atoms with Crippen LogP contribution in [-0.2, 0) is 4.79 Å². The van der Waals surface area contributed by atoms with Gasteiger partial charge in [0.2, 0.25) is 0 Å². The van der Waals surface area contributed by atoms with E-state index in [1.54, 1.807) is 6.07 Å². The first-order chi connectivity index (χ1) is 7.22. The van der Waals surface area contributed by atoms with E-state index in [1.165, 1.54) is 25.7 Å². The lowest BCUT2D eigenvalue weighted by atomic mass is 10.0. The van der Waals surface area contributed by atoms with Gasteiger partial charge in [-0.2, -0.15) is 5.26 Å². The predicted molar refractivity (Wildman–Crippen MR) is 56.7 cm³/mol. The first-order valence-corrected chi connectivity index (χ1v) is 5.82. The molecule has 0 aromatic heterocycles. The number of aliphatic carboxylic acids is 1. The molecule has 0 amide bonds. The molecule has 0 aromatic carbocycles. The van der Waals surface area contributed by atoms with Crippen molar-refractivity contribution in [3.63, 3.8) is 0 Å². The molecule has 0 fully saturated rings. The molecule has 0 aromatic rings. The van der Waals surface area contributed by atoms with Crippen molar-refractivity contribution in [2.24, 2.45) is 5.92 Å². The van der Waals surface area contributed by atoms with Crippen LogP contribution in [0.15, 0.2) is 0 Å². The molecule has 0 radical (unpaired) electrons. The van der Waals surface area contributed by atoms with Crippen molar-refractivity contribution in [2.75, 3.05) is 0 Å². The van der Waals surface area contributed by atoms with E-state index >= 15 is 0 Å². The molecule has 0 bridgehead atoms. The van der Waals surface area contributed by atoms with Gasteiger partial charge in [-0.25, -0.2) is 0 Å². The number of carboxylic acids is 1. The Kier molecular flexibility index (Phi) is 8.85. The number of nitriles is 1. The lowest BCUT2D eigenvalue weighted by Gasteiger charge is -2.08. The summed E-state index contributed by atoms with van der Waals surface area (Å²) in [5, 5.41) is 18.9. The fourth-order valence-corrected chi connectivity index (χ4v) is 1.54. The van der Waals surface area contributed by atoms with E-state index in [0.717, 1.165) is 19.3 Å². The van der Waals surface area contributed by atoms with Gasteiger partial charge < -0.3 is 9.90 Å². The summed E-state index contributed by atoms with van der Waals surface area (Å²) in [5.74, 6) is -2.15. The number of carbonyl (C=O) groups excluding carboxylic acids is 1. The van der Waals surface area contributed by atoms with Crippen molar-refractivity contribution in [1.29, 1.82) is 5.26 Å². The molecule has 0 rings (SSSR count). The van der Waals surface area contributed by atoms with Gasteiger partial charge in [-0.1, -0.05) is 51.9 Å². The van der Waals surface area contributed by atoms with Gasteiger partial charge in [0.15, 0.2) is 0 Å². The molecule has 0 aliphatic rings. The summed E-state index contributed by atoms with van der Waals surface area (Å²) in [6.45, 7) is 2.18. The smallest absolute Gasteiger partial charge is 0.0858 e. The molecule has 0 N–H and O–H groups in total. The quantitative estimate of drug-likeness (QED) is 0.547. The van der Waals surface area contributed by atoms with Crippen LogP contribution in [0.3, 0.4) is 0 Å². The predicted octanol–water partition coefficient (Wildman–Crippen LogP) is 2.02. The van der Waals surface area contributed by atoms with E-state index in [1.807, 2.05) is 0 Å². The summed E-state index contributed by atoms with van der Waals surface area (Å²) in [6, 6.07) is 1.75. The van der Waals surface area contributed by atoms with Crippen molar-refractivity contribution < 1.29 is 9.90 Å². The largest absolute Gasteiger partial charge is 0.549 e. The normalized spacial score (nSPS) is 12.0. The van der Waals surface area contributed by atoms with Gasteiger partial charge in [0.05, 0.1) is 18.0 Å². The van der Waals surface area contributed by atoms with Crippen LogP contribution in [0.25, 0.3) is 0 Å². The number of nitrogens with zero attached hydrogens (tertiary/aromatic N) is 1. The highest BCUT2D eigenvalue weighted by Gasteiger charge is 2.06. The minimum absolute atomic E-state index is 0.437. The van der Waals surface area contributed by atoms with E-state index in [-0.39, 0.29) is 0 Å². The molecular weight excluding hydrogens is 190 g/mol. The zero-order valence-corrected chi connectivity index (χ0v) is 9.50. The summed E-state index contributed by atoms with van der Waals surface area (Å²) in [4.78, 5) is 10.4. The highest BCUT2D eigenvalue weighted by atomic mass is 16.4. The molecule has 3 heteroatoms. The van der Waals surface area contributed by atoms with Gasteiger partial charge in [0.1, 0.15) is 0 Å². The second kappa shape index (κ2) is 9.51. The van der Waals surface area contributed by atoms with Crippen LogP contribution >= 0.6 is 0 Å². The second-order valence-corrected chi connectivity index (χ2v) is 3.91. The summed E-state index contributed by atoms with van der Waals surface area (Å²) in [7, 11) is 0. The van der Waals surface area contributed by atoms with Crippen molar-refractivity contribution in [3.8, 4) is 6.07 Å². The highest BCUT2D eigenvalue weighted by molar-refractivity contribution is 5.70. The Morgan fingerprint density at radius 3 is 2.20 bits per heavy atom. The van der Waals surface area contributed by atoms with Crippen LogP contribution in [0.5, 0.6) is 0 Å². The molecule has 0 aliphatic heterocycles. The van der Waals surface area contributed by atoms with Gasteiger partial charge >= 0.3 is 0 Å². The fraction of sp³-hybridized carbons (Fsp3) is 0.833. The first kappa shape index (κ1) is 14.0. The Hall–Kier alpha value is -1.04. The molecule has 1 atom stereocenters. The molecule has 15 heavy (non-hydrogen) atoms. The van der Waals surface area contributed by atoms with Gasteiger partial charge in [0, 0.05) is 0 Å². The molecule has 0 aliphatic carbocycles. The molecule has 0 spiro atoms. The second-order valence-electron chi connectivity index (χ2n) is 3.91. The van der Waals surface area contributed by atoms with Crippen LogP contribution in [0.1, 0.15) is 58.3 Å². The van der Waals surface area contributed by atoms with Crippen LogP contribution < -0.4 is 5.11 Å². The number of hydrogen-bond donors (Lipinski definition) is 0. The van der Waals surface area contributed by atoms with Crippen LogP contribution in [0.4, 0.5) is 0 Å². The van der Waals surface area contributed by atoms with Gasteiger partial charge in [-0.3, -0.25) is 0 Å². The van der Waals surface area contributed by atoms with Crippen molar-refractivity contribution in [3.05, 3.63) is 0 Å². The maximum absolute atomic E-state index is 10.4. The molecule has 3 nitrogen and oxygen atoms in total. The molecular formula is C12H20NO2-. The Morgan fingerprint density at radius 2 is 1.73 bits per heavy atom. The van der Waals surface area contributed by atoms with Crippen LogP contribution in [-0.4, -0.2) is 5.97 Å². The summed E-state index contributed by atoms with van der Waals surface area (Å²) >= 11 is 0. The van der Waals surface area contributed by atoms with E-state index in [9.17, 15) is 9.90 Å². The maximum atomic E-state index is 10.4. The third-order valence-electron chi connectivity index (χ3n) is 2.54. The Morgan fingerprint density at radius 1 is 1.20 bits per heavy atom. The number of hydrogen-bond acceptors (Lipinski definition) is 3. The Bertz CT molecular complexity index is 208. The summed E-state index contributed by atoms with van der Waals surface area (Å²) < 4.78 is 0. The van der Waals surface area contributed by atoms with Crippen LogP contribution in [0, 0.1) is 17.2 Å². The van der Waals surface area contributed by atoms with Crippen molar-refractivity contribution in [2.45, 2.75) is 58.3 Å². The monoisotopic (exact) mass is 210 g/mol. The fourth-order valence-electron chi connectivity index (χ4n) is 1.54. The number of rotatable bonds is 9. The number of carbonyl (C=O) groups is 1. The zero-order valence-electron chi connectivity index (χ0n) is 9.50. The van der Waals surface area contributed by atoms with Gasteiger partial charge in [-0.05, 0) is 6.42 Å². The zero-order chi connectivity index (χ0) is 11.5. The van der Waals surface area contributed by atoms with E-state index in [4.69, 9.17) is 5.26 Å². The Balaban J connectivity index is 3.30. The van der Waals surface area contributed by atoms with Crippen molar-refractivity contribution >= 4 is 5.97 Å². The van der Waals surface area contributed by atoms with Crippen molar-refractivity contribution in [1.82, 2.24) is 0 Å². The Labute approximate surface area is 92.1 Å². The lowest BCUT2D eigenvalue weighted by Crippen LogP contribution is -2.30. The minimum atomic E-state index is -1.23. The lowest BCUT2D eigenvalue weighted by molar-refractivity contribution is -0.309. The average molecular weight is 210 g/mol. The van der Waals surface area contributed by atoms with E-state index in [2.05, 4.69) is 6.92 Å². The van der Waals surface area contributed by atoms with Gasteiger partial charge in [0.25, 0.3) is 0 Å². The average Bonchev–Trinajstić information content (AvgIpc) is 2.21. The molecule has 0 saturated carbocycles. The van der Waals surface area contributed by atoms with E-state index < -0.39 is 11.9 Å². The molecule has 86 valence electrons. The summed E-state index contributed by atoms with van der Waals surface area (Å²) in [5.41, 5.74) is 0. The number of unbranched alkanes of at least 4 members (excludes halogenated alkanes) is 6. The van der Waals surface area contributed by atoms with Gasteiger partial charge in [-0.15, -0.1) is 0 Å². The topological polar surface area (TPSA) is 63.9 Å².